The molecule has 1 atom stereocenters. The Morgan fingerprint density at radius 3 is 2.54 bits per heavy atom. The molecular formula is C28H36N4O5. The SMILES string of the molecule is CCOc1ccccc1OC1CCCN(c2cncc(NC(=O)CC34CCC(C(=O)O)(CC3)CC4)n2)C1. The molecule has 4 aliphatic rings. The molecule has 1 amide bonds. The van der Waals surface area contributed by atoms with Crippen LogP contribution >= 0.6 is 0 Å². The lowest BCUT2D eigenvalue weighted by Crippen LogP contribution is -2.47. The molecule has 3 aliphatic carbocycles. The molecule has 2 bridgehead atoms. The number of nitrogens with zero attached hydrogens (tertiary/aromatic N) is 3. The Morgan fingerprint density at radius 2 is 1.84 bits per heavy atom. The average molecular weight is 509 g/mol. The van der Waals surface area contributed by atoms with Crippen LogP contribution in [0.3, 0.4) is 0 Å². The highest BCUT2D eigenvalue weighted by Crippen LogP contribution is 2.58. The number of hydrogen-bond acceptors (Lipinski definition) is 7. The highest BCUT2D eigenvalue weighted by atomic mass is 16.5. The van der Waals surface area contributed by atoms with Gasteiger partial charge in [-0.2, -0.15) is 0 Å². The Bertz CT molecular complexity index is 1110. The zero-order valence-electron chi connectivity index (χ0n) is 21.4. The molecule has 1 aliphatic heterocycles. The highest BCUT2D eigenvalue weighted by Gasteiger charge is 2.53. The molecule has 3 saturated carbocycles. The largest absolute Gasteiger partial charge is 0.490 e. The number of amides is 1. The Kier molecular flexibility index (Phi) is 7.22. The second kappa shape index (κ2) is 10.6. The van der Waals surface area contributed by atoms with E-state index in [9.17, 15) is 14.7 Å². The first-order chi connectivity index (χ1) is 17.9. The standard InChI is InChI=1S/C28H36N4O5/c1-2-36-21-7-3-4-8-22(21)37-20-6-5-15-32(19-20)24-18-29-17-23(30-24)31-25(33)16-27-9-12-28(13-10-27,14-11-27)26(34)35/h3-4,7-8,17-18,20H,2,5-6,9-16,19H2,1H3,(H,34,35)(H,30,31,33). The van der Waals surface area contributed by atoms with Crippen molar-refractivity contribution in [3.8, 4) is 11.5 Å². The lowest BCUT2D eigenvalue weighted by Gasteiger charge is -2.51. The van der Waals surface area contributed by atoms with Gasteiger partial charge in [-0.3, -0.25) is 14.6 Å². The van der Waals surface area contributed by atoms with E-state index < -0.39 is 11.4 Å². The van der Waals surface area contributed by atoms with Crippen molar-refractivity contribution in [3.63, 3.8) is 0 Å². The summed E-state index contributed by atoms with van der Waals surface area (Å²) in [6.45, 7) is 4.04. The number of carbonyl (C=O) groups is 2. The monoisotopic (exact) mass is 508 g/mol. The van der Waals surface area contributed by atoms with Crippen molar-refractivity contribution in [2.75, 3.05) is 29.9 Å². The van der Waals surface area contributed by atoms with Gasteiger partial charge in [0.05, 0.1) is 31.0 Å². The Hall–Kier alpha value is -3.36. The summed E-state index contributed by atoms with van der Waals surface area (Å²) in [5.74, 6) is 1.88. The zero-order chi connectivity index (χ0) is 25.9. The number of carbonyl (C=O) groups excluding carboxylic acids is 1. The van der Waals surface area contributed by atoms with Crippen LogP contribution in [0.2, 0.25) is 0 Å². The van der Waals surface area contributed by atoms with Gasteiger partial charge in [0.25, 0.3) is 0 Å². The van der Waals surface area contributed by atoms with Gasteiger partial charge in [-0.25, -0.2) is 4.98 Å². The topological polar surface area (TPSA) is 114 Å². The normalized spacial score (nSPS) is 26.9. The number of nitrogens with one attached hydrogen (secondary N) is 1. The second-order valence-electron chi connectivity index (χ2n) is 10.8. The summed E-state index contributed by atoms with van der Waals surface area (Å²) in [6, 6.07) is 7.73. The summed E-state index contributed by atoms with van der Waals surface area (Å²) in [7, 11) is 0. The Morgan fingerprint density at radius 1 is 1.11 bits per heavy atom. The Balaban J connectivity index is 1.19. The number of ether oxygens (including phenoxy) is 2. The average Bonchev–Trinajstić information content (AvgIpc) is 2.91. The van der Waals surface area contributed by atoms with Gasteiger partial charge < -0.3 is 24.8 Å². The van der Waals surface area contributed by atoms with Gasteiger partial charge in [-0.1, -0.05) is 12.1 Å². The van der Waals surface area contributed by atoms with Crippen molar-refractivity contribution in [2.24, 2.45) is 10.8 Å². The maximum absolute atomic E-state index is 13.0. The minimum atomic E-state index is -0.679. The lowest BCUT2D eigenvalue weighted by atomic mass is 9.53. The zero-order valence-corrected chi connectivity index (χ0v) is 21.4. The molecule has 37 heavy (non-hydrogen) atoms. The summed E-state index contributed by atoms with van der Waals surface area (Å²) in [5, 5.41) is 12.6. The highest BCUT2D eigenvalue weighted by molar-refractivity contribution is 5.90. The summed E-state index contributed by atoms with van der Waals surface area (Å²) in [5.41, 5.74) is -0.666. The molecule has 9 heteroatoms. The van der Waals surface area contributed by atoms with Crippen LogP contribution < -0.4 is 19.7 Å². The number of carboxylic acids is 1. The number of para-hydroxylation sites is 2. The van der Waals surface area contributed by atoms with Crippen LogP contribution in [0.1, 0.15) is 64.7 Å². The first-order valence-electron chi connectivity index (χ1n) is 13.4. The fourth-order valence-electron chi connectivity index (χ4n) is 6.19. The molecule has 4 fully saturated rings. The number of hydrogen-bond donors (Lipinski definition) is 2. The van der Waals surface area contributed by atoms with Crippen molar-refractivity contribution in [2.45, 2.75) is 70.8 Å². The minimum absolute atomic E-state index is 0.00923. The van der Waals surface area contributed by atoms with Crippen LogP contribution in [0.15, 0.2) is 36.7 Å². The third kappa shape index (κ3) is 5.50. The van der Waals surface area contributed by atoms with Gasteiger partial charge in [-0.05, 0) is 75.8 Å². The van der Waals surface area contributed by atoms with E-state index in [-0.39, 0.29) is 17.4 Å². The third-order valence-electron chi connectivity index (χ3n) is 8.42. The van der Waals surface area contributed by atoms with Crippen molar-refractivity contribution in [1.82, 2.24) is 9.97 Å². The number of rotatable bonds is 9. The molecule has 2 N–H and O–H groups in total. The molecule has 9 nitrogen and oxygen atoms in total. The number of aliphatic carboxylic acids is 1. The molecule has 2 aromatic rings. The van der Waals surface area contributed by atoms with E-state index in [2.05, 4.69) is 20.2 Å². The van der Waals surface area contributed by atoms with E-state index in [1.54, 1.807) is 12.4 Å². The molecule has 0 radical (unpaired) electrons. The predicted molar refractivity (Wildman–Crippen MR) is 139 cm³/mol. The molecule has 0 spiro atoms. The number of fused-ring (bicyclic) bond motifs is 3. The van der Waals surface area contributed by atoms with Gasteiger partial charge >= 0.3 is 5.97 Å². The van der Waals surface area contributed by atoms with Crippen molar-refractivity contribution in [3.05, 3.63) is 36.7 Å². The lowest BCUT2D eigenvalue weighted by molar-refractivity contribution is -0.159. The summed E-state index contributed by atoms with van der Waals surface area (Å²) >= 11 is 0. The van der Waals surface area contributed by atoms with Gasteiger partial charge in [0.15, 0.2) is 17.3 Å². The molecule has 2 heterocycles. The summed E-state index contributed by atoms with van der Waals surface area (Å²) < 4.78 is 12.0. The van der Waals surface area contributed by atoms with Crippen LogP contribution in [0.25, 0.3) is 0 Å². The van der Waals surface area contributed by atoms with E-state index in [1.807, 2.05) is 31.2 Å². The van der Waals surface area contributed by atoms with Crippen molar-refractivity contribution >= 4 is 23.5 Å². The van der Waals surface area contributed by atoms with Crippen LogP contribution in [-0.2, 0) is 9.59 Å². The Labute approximate surface area is 217 Å². The van der Waals surface area contributed by atoms with Gasteiger partial charge in [0.2, 0.25) is 5.91 Å². The molecule has 1 aromatic heterocycles. The molecule has 198 valence electrons. The molecular weight excluding hydrogens is 472 g/mol. The van der Waals surface area contributed by atoms with Crippen LogP contribution in [0.5, 0.6) is 11.5 Å². The maximum atomic E-state index is 13.0. The molecule has 1 unspecified atom stereocenters. The van der Waals surface area contributed by atoms with Crippen molar-refractivity contribution < 1.29 is 24.2 Å². The number of aromatic nitrogens is 2. The van der Waals surface area contributed by atoms with Crippen LogP contribution in [0.4, 0.5) is 11.6 Å². The van der Waals surface area contributed by atoms with E-state index in [4.69, 9.17) is 9.47 Å². The predicted octanol–water partition coefficient (Wildman–Crippen LogP) is 4.68. The van der Waals surface area contributed by atoms with E-state index in [1.165, 1.54) is 0 Å². The number of benzene rings is 1. The first kappa shape index (κ1) is 25.3. The van der Waals surface area contributed by atoms with E-state index >= 15 is 0 Å². The molecule has 1 saturated heterocycles. The van der Waals surface area contributed by atoms with E-state index in [0.717, 1.165) is 50.1 Å². The minimum Gasteiger partial charge on any atom is -0.490 e. The first-order valence-corrected chi connectivity index (χ1v) is 13.4. The number of piperidine rings is 1. The second-order valence-corrected chi connectivity index (χ2v) is 10.8. The smallest absolute Gasteiger partial charge is 0.309 e. The van der Waals surface area contributed by atoms with Gasteiger partial charge in [-0.15, -0.1) is 0 Å². The van der Waals surface area contributed by atoms with Gasteiger partial charge in [0, 0.05) is 13.0 Å². The fraction of sp³-hybridized carbons (Fsp3) is 0.571. The number of anilines is 2. The summed E-state index contributed by atoms with van der Waals surface area (Å²) in [6.07, 6.45) is 9.95. The van der Waals surface area contributed by atoms with Crippen LogP contribution in [0, 0.1) is 10.8 Å². The van der Waals surface area contributed by atoms with Crippen molar-refractivity contribution in [1.29, 1.82) is 0 Å². The summed E-state index contributed by atoms with van der Waals surface area (Å²) in [4.78, 5) is 35.8. The third-order valence-corrected chi connectivity index (χ3v) is 8.42. The molecule has 1 aromatic carbocycles. The van der Waals surface area contributed by atoms with Gasteiger partial charge in [0.1, 0.15) is 11.9 Å². The fourth-order valence-corrected chi connectivity index (χ4v) is 6.19. The van der Waals surface area contributed by atoms with Crippen LogP contribution in [-0.4, -0.2) is 52.8 Å². The molecule has 6 rings (SSSR count). The number of carboxylic acid groups (broad SMARTS) is 1. The quantitative estimate of drug-likeness (QED) is 0.502. The van der Waals surface area contributed by atoms with E-state index in [0.29, 0.717) is 50.5 Å². The maximum Gasteiger partial charge on any atom is 0.309 e.